The quantitative estimate of drug-likeness (QED) is 0.323. The van der Waals surface area contributed by atoms with Crippen LogP contribution in [0, 0.1) is 6.92 Å². The molecule has 37 heavy (non-hydrogen) atoms. The number of benzene rings is 3. The van der Waals surface area contributed by atoms with Crippen molar-refractivity contribution in [3.05, 3.63) is 81.8 Å². The van der Waals surface area contributed by atoms with Gasteiger partial charge in [-0.15, -0.1) is 0 Å². The number of amides is 1. The fourth-order valence-electron chi connectivity index (χ4n) is 3.74. The molecule has 0 aliphatic carbocycles. The van der Waals surface area contributed by atoms with Crippen molar-refractivity contribution in [3.8, 4) is 17.2 Å². The van der Waals surface area contributed by atoms with Gasteiger partial charge in [0.1, 0.15) is 0 Å². The third-order valence-corrected chi connectivity index (χ3v) is 8.15. The molecule has 0 saturated carbocycles. The third-order valence-electron chi connectivity index (χ3n) is 5.81. The number of carbonyl (C=O) groups excluding carboxylic acids is 1. The summed E-state index contributed by atoms with van der Waals surface area (Å²) in [5, 5.41) is 0. The van der Waals surface area contributed by atoms with Crippen molar-refractivity contribution in [1.29, 1.82) is 0 Å². The monoisotopic (exact) mass is 590 g/mol. The molecule has 10 heteroatoms. The van der Waals surface area contributed by atoms with Crippen LogP contribution in [0.15, 0.2) is 70.0 Å². The predicted octanol–water partition coefficient (Wildman–Crippen LogP) is 4.63. The fourth-order valence-corrected chi connectivity index (χ4v) is 5.38. The summed E-state index contributed by atoms with van der Waals surface area (Å²) in [5.41, 5.74) is 2.45. The smallest absolute Gasteiger partial charge is 0.243 e. The van der Waals surface area contributed by atoms with E-state index < -0.39 is 10.0 Å². The van der Waals surface area contributed by atoms with Crippen LogP contribution < -0.4 is 14.2 Å². The number of halogens is 1. The number of aryl methyl sites for hydroxylation is 1. The van der Waals surface area contributed by atoms with Gasteiger partial charge in [-0.3, -0.25) is 4.79 Å². The Balaban J connectivity index is 1.87. The summed E-state index contributed by atoms with van der Waals surface area (Å²) < 4.78 is 45.4. The average molecular weight is 592 g/mol. The molecule has 198 valence electrons. The topological polar surface area (TPSA) is 85.4 Å². The zero-order valence-corrected chi connectivity index (χ0v) is 23.9. The number of nitrogens with zero attached hydrogens (tertiary/aromatic N) is 2. The van der Waals surface area contributed by atoms with Gasteiger partial charge in [0, 0.05) is 24.6 Å². The molecule has 0 saturated heterocycles. The molecule has 0 spiro atoms. The van der Waals surface area contributed by atoms with E-state index in [4.69, 9.17) is 14.2 Å². The lowest BCUT2D eigenvalue weighted by Crippen LogP contribution is -2.40. The van der Waals surface area contributed by atoms with E-state index in [-0.39, 0.29) is 30.4 Å². The highest BCUT2D eigenvalue weighted by Crippen LogP contribution is 2.38. The first kappa shape index (κ1) is 28.5. The molecule has 0 bridgehead atoms. The van der Waals surface area contributed by atoms with Crippen molar-refractivity contribution in [2.45, 2.75) is 24.9 Å². The molecule has 0 fully saturated rings. The number of likely N-dealkylation sites (N-methyl/N-ethyl adjacent to an activating group) is 1. The van der Waals surface area contributed by atoms with Crippen LogP contribution in [0.3, 0.4) is 0 Å². The van der Waals surface area contributed by atoms with E-state index in [1.807, 2.05) is 31.2 Å². The largest absolute Gasteiger partial charge is 0.493 e. The molecule has 8 nitrogen and oxygen atoms in total. The minimum absolute atomic E-state index is 0.0489. The van der Waals surface area contributed by atoms with Crippen molar-refractivity contribution in [3.63, 3.8) is 0 Å². The maximum Gasteiger partial charge on any atom is 0.243 e. The summed E-state index contributed by atoms with van der Waals surface area (Å²) in [4.78, 5) is 14.9. The minimum atomic E-state index is -3.94. The maximum atomic E-state index is 13.6. The van der Waals surface area contributed by atoms with Crippen LogP contribution in [0.2, 0.25) is 0 Å². The van der Waals surface area contributed by atoms with Gasteiger partial charge in [0.05, 0.1) is 32.8 Å². The van der Waals surface area contributed by atoms with Crippen LogP contribution in [0.4, 0.5) is 0 Å². The van der Waals surface area contributed by atoms with Gasteiger partial charge in [-0.05, 0) is 54.4 Å². The van der Waals surface area contributed by atoms with Gasteiger partial charge in [0.2, 0.25) is 21.7 Å². The van der Waals surface area contributed by atoms with Gasteiger partial charge in [0.25, 0.3) is 0 Å². The van der Waals surface area contributed by atoms with Gasteiger partial charge in [-0.25, -0.2) is 8.42 Å². The third kappa shape index (κ3) is 7.03. The Morgan fingerprint density at radius 2 is 1.41 bits per heavy atom. The molecule has 1 amide bonds. The SMILES string of the molecule is COc1cc(CN(C)C(=O)CN(Cc2ccc(Br)cc2)S(=O)(=O)c2ccc(C)cc2)cc(OC)c1OC. The fraction of sp³-hybridized carbons (Fsp3) is 0.296. The van der Waals surface area contributed by atoms with E-state index in [1.165, 1.54) is 30.5 Å². The zero-order valence-electron chi connectivity index (χ0n) is 21.5. The van der Waals surface area contributed by atoms with Gasteiger partial charge in [-0.1, -0.05) is 45.8 Å². The first-order valence-corrected chi connectivity index (χ1v) is 13.7. The second-order valence-corrected chi connectivity index (χ2v) is 11.3. The van der Waals surface area contributed by atoms with E-state index in [2.05, 4.69) is 15.9 Å². The lowest BCUT2D eigenvalue weighted by molar-refractivity contribution is -0.130. The standard InChI is InChI=1S/C27H31BrN2O6S/c1-19-6-12-23(13-7-19)37(32,33)30(17-20-8-10-22(28)11-9-20)18-26(31)29(2)16-21-14-24(34-3)27(36-5)25(15-21)35-4/h6-15H,16-18H2,1-5H3. The first-order valence-electron chi connectivity index (χ1n) is 11.4. The van der Waals surface area contributed by atoms with Crippen LogP contribution in [-0.4, -0.2) is 58.5 Å². The minimum Gasteiger partial charge on any atom is -0.493 e. The highest BCUT2D eigenvalue weighted by molar-refractivity contribution is 9.10. The van der Waals surface area contributed by atoms with Crippen molar-refractivity contribution < 1.29 is 27.4 Å². The highest BCUT2D eigenvalue weighted by atomic mass is 79.9. The highest BCUT2D eigenvalue weighted by Gasteiger charge is 2.28. The number of sulfonamides is 1. The molecule has 0 aliphatic rings. The van der Waals surface area contributed by atoms with Crippen molar-refractivity contribution in [2.75, 3.05) is 34.9 Å². The first-order chi connectivity index (χ1) is 17.6. The summed E-state index contributed by atoms with van der Waals surface area (Å²) in [6.45, 7) is 1.82. The predicted molar refractivity (Wildman–Crippen MR) is 145 cm³/mol. The van der Waals surface area contributed by atoms with Crippen LogP contribution >= 0.6 is 15.9 Å². The lowest BCUT2D eigenvalue weighted by Gasteiger charge is -2.25. The Labute approximate surface area is 226 Å². The Morgan fingerprint density at radius 3 is 1.92 bits per heavy atom. The molecule has 3 rings (SSSR count). The zero-order chi connectivity index (χ0) is 27.2. The number of hydrogen-bond acceptors (Lipinski definition) is 6. The Kier molecular flexibility index (Phi) is 9.58. The molecule has 3 aromatic rings. The lowest BCUT2D eigenvalue weighted by atomic mass is 10.1. The number of carbonyl (C=O) groups is 1. The normalized spacial score (nSPS) is 11.3. The molecular weight excluding hydrogens is 560 g/mol. The number of ether oxygens (including phenoxy) is 3. The van der Waals surface area contributed by atoms with Crippen molar-refractivity contribution in [1.82, 2.24) is 9.21 Å². The number of methoxy groups -OCH3 is 3. The molecule has 0 radical (unpaired) electrons. The maximum absolute atomic E-state index is 13.6. The van der Waals surface area contributed by atoms with E-state index in [0.29, 0.717) is 17.2 Å². The average Bonchev–Trinajstić information content (AvgIpc) is 2.88. The summed E-state index contributed by atoms with van der Waals surface area (Å²) in [5.74, 6) is 1.03. The summed E-state index contributed by atoms with van der Waals surface area (Å²) >= 11 is 3.40. The Morgan fingerprint density at radius 1 is 0.838 bits per heavy atom. The summed E-state index contributed by atoms with van der Waals surface area (Å²) in [7, 11) is 2.24. The molecule has 0 aliphatic heterocycles. The Hall–Kier alpha value is -3.08. The molecule has 0 heterocycles. The van der Waals surface area contributed by atoms with Crippen LogP contribution in [0.5, 0.6) is 17.2 Å². The van der Waals surface area contributed by atoms with Gasteiger partial charge in [0.15, 0.2) is 11.5 Å². The van der Waals surface area contributed by atoms with Crippen molar-refractivity contribution in [2.24, 2.45) is 0 Å². The number of rotatable bonds is 11. The van der Waals surface area contributed by atoms with Gasteiger partial charge in [-0.2, -0.15) is 4.31 Å². The molecule has 0 unspecified atom stereocenters. The van der Waals surface area contributed by atoms with Gasteiger partial charge >= 0.3 is 0 Å². The molecule has 0 N–H and O–H groups in total. The Bertz CT molecular complexity index is 1300. The molecule has 0 aromatic heterocycles. The van der Waals surface area contributed by atoms with Crippen LogP contribution in [0.1, 0.15) is 16.7 Å². The van der Waals surface area contributed by atoms with E-state index in [9.17, 15) is 13.2 Å². The van der Waals surface area contributed by atoms with E-state index in [1.54, 1.807) is 43.4 Å². The number of hydrogen-bond donors (Lipinski definition) is 0. The van der Waals surface area contributed by atoms with E-state index >= 15 is 0 Å². The van der Waals surface area contributed by atoms with Crippen molar-refractivity contribution >= 4 is 31.9 Å². The molecular formula is C27H31BrN2O6S. The second kappa shape index (κ2) is 12.4. The molecule has 3 aromatic carbocycles. The van der Waals surface area contributed by atoms with Crippen LogP contribution in [-0.2, 0) is 27.9 Å². The second-order valence-electron chi connectivity index (χ2n) is 8.50. The summed E-state index contributed by atoms with van der Waals surface area (Å²) in [6, 6.07) is 17.4. The summed E-state index contributed by atoms with van der Waals surface area (Å²) in [6.07, 6.45) is 0. The van der Waals surface area contributed by atoms with E-state index in [0.717, 1.165) is 21.2 Å². The van der Waals surface area contributed by atoms with Crippen LogP contribution in [0.25, 0.3) is 0 Å². The van der Waals surface area contributed by atoms with Gasteiger partial charge < -0.3 is 19.1 Å². The molecule has 0 atom stereocenters.